The zero-order chi connectivity index (χ0) is 21.7. The number of rotatable bonds is 7. The summed E-state index contributed by atoms with van der Waals surface area (Å²) in [5.74, 6) is 1.31. The lowest BCUT2D eigenvalue weighted by Gasteiger charge is -2.44. The van der Waals surface area contributed by atoms with Crippen LogP contribution in [0.4, 0.5) is 5.69 Å². The van der Waals surface area contributed by atoms with Gasteiger partial charge in [-0.05, 0) is 58.8 Å². The van der Waals surface area contributed by atoms with Crippen LogP contribution in [0.1, 0.15) is 33.6 Å². The number of methoxy groups -OCH3 is 2. The largest absolute Gasteiger partial charge is 0.497 e. The molecule has 2 saturated heterocycles. The molecule has 0 spiro atoms. The van der Waals surface area contributed by atoms with Gasteiger partial charge in [0.05, 0.1) is 25.9 Å². The van der Waals surface area contributed by atoms with Gasteiger partial charge in [0.25, 0.3) is 0 Å². The van der Waals surface area contributed by atoms with Gasteiger partial charge in [-0.25, -0.2) is 0 Å². The number of piperazine rings is 1. The molecule has 1 amide bonds. The number of likely N-dealkylation sites (tertiary alicyclic amines) is 1. The number of carbonyl (C=O) groups excluding carboxylic acids is 1. The first-order valence-corrected chi connectivity index (χ1v) is 11.2. The second kappa shape index (κ2) is 10.5. The lowest BCUT2D eigenvalue weighted by Crippen LogP contribution is -2.56. The maximum atomic E-state index is 12.9. The van der Waals surface area contributed by atoms with Crippen molar-refractivity contribution in [2.75, 3.05) is 58.8 Å². The molecule has 0 aliphatic carbocycles. The van der Waals surface area contributed by atoms with Crippen LogP contribution in [-0.4, -0.2) is 92.2 Å². The molecular weight excluding hydrogens is 380 g/mol. The summed E-state index contributed by atoms with van der Waals surface area (Å²) in [5.41, 5.74) is 0.643. The maximum absolute atomic E-state index is 12.9. The van der Waals surface area contributed by atoms with Gasteiger partial charge in [-0.3, -0.25) is 14.6 Å². The zero-order valence-corrected chi connectivity index (χ0v) is 19.2. The number of carbonyl (C=O) groups is 1. The first kappa shape index (κ1) is 22.8. The SMILES string of the molecule is COc1ccc(OC)c(NC(=O)C(C)N2CCN(C3CCN(C(C)C)CC3)CC2)c1. The predicted molar refractivity (Wildman–Crippen MR) is 121 cm³/mol. The maximum Gasteiger partial charge on any atom is 0.241 e. The molecule has 3 rings (SSSR count). The van der Waals surface area contributed by atoms with Crippen molar-refractivity contribution < 1.29 is 14.3 Å². The van der Waals surface area contributed by atoms with E-state index >= 15 is 0 Å². The molecule has 1 unspecified atom stereocenters. The Labute approximate surface area is 181 Å². The molecule has 1 aromatic carbocycles. The monoisotopic (exact) mass is 418 g/mol. The number of hydrogen-bond donors (Lipinski definition) is 1. The average Bonchev–Trinajstić information content (AvgIpc) is 2.78. The Morgan fingerprint density at radius 3 is 2.20 bits per heavy atom. The van der Waals surface area contributed by atoms with Crippen molar-refractivity contribution in [3.63, 3.8) is 0 Å². The van der Waals surface area contributed by atoms with Crippen LogP contribution in [-0.2, 0) is 4.79 Å². The standard InChI is InChI=1S/C23H38N4O3/c1-17(2)25-10-8-19(9-11-25)27-14-12-26(13-15-27)18(3)23(28)24-21-16-20(29-4)6-7-22(21)30-5/h6-7,16-19H,8-15H2,1-5H3,(H,24,28). The van der Waals surface area contributed by atoms with Gasteiger partial charge < -0.3 is 19.7 Å². The van der Waals surface area contributed by atoms with Crippen molar-refractivity contribution in [1.29, 1.82) is 0 Å². The summed E-state index contributed by atoms with van der Waals surface area (Å²) in [4.78, 5) is 20.4. The summed E-state index contributed by atoms with van der Waals surface area (Å²) in [6.45, 7) is 12.9. The molecule has 2 fully saturated rings. The molecule has 7 nitrogen and oxygen atoms in total. The molecule has 1 atom stereocenters. The fourth-order valence-electron chi connectivity index (χ4n) is 4.57. The van der Waals surface area contributed by atoms with Crippen LogP contribution in [0.15, 0.2) is 18.2 Å². The number of amides is 1. The first-order chi connectivity index (χ1) is 14.4. The number of ether oxygens (including phenoxy) is 2. The third-order valence-corrected chi connectivity index (χ3v) is 6.69. The van der Waals surface area contributed by atoms with Crippen molar-refractivity contribution in [2.45, 2.75) is 51.7 Å². The van der Waals surface area contributed by atoms with Crippen molar-refractivity contribution in [1.82, 2.24) is 14.7 Å². The highest BCUT2D eigenvalue weighted by atomic mass is 16.5. The van der Waals surface area contributed by atoms with Gasteiger partial charge in [0.2, 0.25) is 5.91 Å². The second-order valence-corrected chi connectivity index (χ2v) is 8.66. The van der Waals surface area contributed by atoms with E-state index in [4.69, 9.17) is 9.47 Å². The van der Waals surface area contributed by atoms with Crippen LogP contribution in [0.2, 0.25) is 0 Å². The molecule has 0 aromatic heterocycles. The number of nitrogens with one attached hydrogen (secondary N) is 1. The third-order valence-electron chi connectivity index (χ3n) is 6.69. The summed E-state index contributed by atoms with van der Waals surface area (Å²) in [7, 11) is 3.22. The average molecular weight is 419 g/mol. The number of piperidine rings is 1. The summed E-state index contributed by atoms with van der Waals surface area (Å²) >= 11 is 0. The minimum Gasteiger partial charge on any atom is -0.497 e. The molecule has 0 saturated carbocycles. The van der Waals surface area contributed by atoms with Crippen molar-refractivity contribution in [2.24, 2.45) is 0 Å². The van der Waals surface area contributed by atoms with Gasteiger partial charge in [-0.2, -0.15) is 0 Å². The number of anilines is 1. The molecule has 2 aliphatic heterocycles. The van der Waals surface area contributed by atoms with E-state index in [0.717, 1.165) is 26.2 Å². The highest BCUT2D eigenvalue weighted by Gasteiger charge is 2.31. The summed E-state index contributed by atoms with van der Waals surface area (Å²) in [6.07, 6.45) is 2.51. The third kappa shape index (κ3) is 5.45. The first-order valence-electron chi connectivity index (χ1n) is 11.2. The topological polar surface area (TPSA) is 57.3 Å². The van der Waals surface area contributed by atoms with Crippen LogP contribution in [0.3, 0.4) is 0 Å². The number of nitrogens with zero attached hydrogens (tertiary/aromatic N) is 3. The Balaban J connectivity index is 1.50. The normalized spacial score (nSPS) is 20.9. The van der Waals surface area contributed by atoms with Gasteiger partial charge >= 0.3 is 0 Å². The van der Waals surface area contributed by atoms with Crippen LogP contribution < -0.4 is 14.8 Å². The van der Waals surface area contributed by atoms with E-state index < -0.39 is 0 Å². The molecule has 1 aromatic rings. The van der Waals surface area contributed by atoms with Crippen molar-refractivity contribution in [3.8, 4) is 11.5 Å². The fraction of sp³-hybridized carbons (Fsp3) is 0.696. The molecule has 0 bridgehead atoms. The predicted octanol–water partition coefficient (Wildman–Crippen LogP) is 2.52. The second-order valence-electron chi connectivity index (χ2n) is 8.66. The quantitative estimate of drug-likeness (QED) is 0.734. The highest BCUT2D eigenvalue weighted by molar-refractivity contribution is 5.96. The number of hydrogen-bond acceptors (Lipinski definition) is 6. The molecule has 2 heterocycles. The van der Waals surface area contributed by atoms with Crippen molar-refractivity contribution in [3.05, 3.63) is 18.2 Å². The van der Waals surface area contributed by atoms with E-state index in [-0.39, 0.29) is 11.9 Å². The smallest absolute Gasteiger partial charge is 0.241 e. The lowest BCUT2D eigenvalue weighted by atomic mass is 10.0. The van der Waals surface area contributed by atoms with Gasteiger partial charge in [0.15, 0.2) is 0 Å². The van der Waals surface area contributed by atoms with Crippen LogP contribution in [0, 0.1) is 0 Å². The molecule has 0 radical (unpaired) electrons. The molecular formula is C23H38N4O3. The molecule has 2 aliphatic rings. The Morgan fingerprint density at radius 1 is 0.967 bits per heavy atom. The van der Waals surface area contributed by atoms with Crippen LogP contribution >= 0.6 is 0 Å². The Bertz CT molecular complexity index is 696. The van der Waals surface area contributed by atoms with Gasteiger partial charge in [-0.15, -0.1) is 0 Å². The Hall–Kier alpha value is -1.83. The molecule has 7 heteroatoms. The van der Waals surface area contributed by atoms with E-state index in [1.165, 1.54) is 25.9 Å². The van der Waals surface area contributed by atoms with E-state index in [2.05, 4.69) is 33.9 Å². The van der Waals surface area contributed by atoms with Gasteiger partial charge in [0.1, 0.15) is 11.5 Å². The van der Waals surface area contributed by atoms with E-state index in [1.54, 1.807) is 20.3 Å². The van der Waals surface area contributed by atoms with Gasteiger partial charge in [0, 0.05) is 44.3 Å². The van der Waals surface area contributed by atoms with Gasteiger partial charge in [-0.1, -0.05) is 0 Å². The van der Waals surface area contributed by atoms with Crippen molar-refractivity contribution >= 4 is 11.6 Å². The lowest BCUT2D eigenvalue weighted by molar-refractivity contribution is -0.121. The van der Waals surface area contributed by atoms with E-state index in [1.807, 2.05) is 19.1 Å². The molecule has 30 heavy (non-hydrogen) atoms. The van der Waals surface area contributed by atoms with Crippen LogP contribution in [0.25, 0.3) is 0 Å². The summed E-state index contributed by atoms with van der Waals surface area (Å²) in [6, 6.07) is 6.57. The molecule has 168 valence electrons. The zero-order valence-electron chi connectivity index (χ0n) is 19.2. The molecule has 1 N–H and O–H groups in total. The Morgan fingerprint density at radius 2 is 1.63 bits per heavy atom. The van der Waals surface area contributed by atoms with Crippen LogP contribution in [0.5, 0.6) is 11.5 Å². The Kier molecular flexibility index (Phi) is 7.97. The van der Waals surface area contributed by atoms with E-state index in [0.29, 0.717) is 29.3 Å². The summed E-state index contributed by atoms with van der Waals surface area (Å²) in [5, 5.41) is 3.02. The summed E-state index contributed by atoms with van der Waals surface area (Å²) < 4.78 is 10.7. The minimum atomic E-state index is -0.189. The fourth-order valence-corrected chi connectivity index (χ4v) is 4.57. The number of benzene rings is 1. The minimum absolute atomic E-state index is 0.0137. The highest BCUT2D eigenvalue weighted by Crippen LogP contribution is 2.29. The van der Waals surface area contributed by atoms with E-state index in [9.17, 15) is 4.79 Å².